The van der Waals surface area contributed by atoms with E-state index < -0.39 is 0 Å². The Morgan fingerprint density at radius 3 is 1.26 bits per heavy atom. The maximum absolute atomic E-state index is 2.88. The van der Waals surface area contributed by atoms with E-state index in [1.807, 2.05) is 0 Å². The maximum atomic E-state index is 2.88. The molecule has 1 aromatic rings. The van der Waals surface area contributed by atoms with Crippen LogP contribution in [0.3, 0.4) is 0 Å². The van der Waals surface area contributed by atoms with Gasteiger partial charge < -0.3 is 0 Å². The van der Waals surface area contributed by atoms with Crippen LogP contribution >= 0.6 is 0 Å². The molecule has 8 atom stereocenters. The highest BCUT2D eigenvalue weighted by atomic mass is 15.3. The van der Waals surface area contributed by atoms with Crippen molar-refractivity contribution in [1.29, 1.82) is 0 Å². The first-order valence-corrected chi connectivity index (χ1v) is 16.4. The fourth-order valence-corrected chi connectivity index (χ4v) is 6.93. The lowest BCUT2D eigenvalue weighted by Crippen LogP contribution is -2.68. The average molecular weight is 588 g/mol. The largest absolute Gasteiger partial charge is 0.293 e. The number of likely N-dealkylation sites (tertiary alicyclic amines) is 1. The molecule has 4 aliphatic rings. The van der Waals surface area contributed by atoms with Crippen molar-refractivity contribution < 1.29 is 0 Å². The molecule has 1 heterocycles. The van der Waals surface area contributed by atoms with Crippen LogP contribution in [0.2, 0.25) is 0 Å². The zero-order chi connectivity index (χ0) is 28.8. The summed E-state index contributed by atoms with van der Waals surface area (Å²) in [5.41, 5.74) is 4.57. The van der Waals surface area contributed by atoms with Gasteiger partial charge in [-0.15, -0.1) is 0 Å². The van der Waals surface area contributed by atoms with Crippen LogP contribution in [-0.2, 0) is 19.4 Å². The van der Waals surface area contributed by atoms with E-state index in [1.165, 1.54) is 30.4 Å². The van der Waals surface area contributed by atoms with Crippen LogP contribution in [0.1, 0.15) is 155 Å². The predicted molar refractivity (Wildman–Crippen MR) is 200 cm³/mol. The second-order valence-corrected chi connectivity index (χ2v) is 12.3. The third kappa shape index (κ3) is 12.0. The molecule has 0 amide bonds. The zero-order valence-electron chi connectivity index (χ0n) is 27.6. The summed E-state index contributed by atoms with van der Waals surface area (Å²) in [5.74, 6) is 5.74. The highest BCUT2D eigenvalue weighted by molar-refractivity contribution is 5.31. The number of allylic oxidation sites excluding steroid dienone is 4. The molecule has 2 saturated carbocycles. The fraction of sp³-hybridized carbons (Fsp3) is 0.756. The predicted octanol–water partition coefficient (Wildman–Crippen LogP) is 13.5. The quantitative estimate of drug-likeness (QED) is 0.338. The second kappa shape index (κ2) is 25.0. The Bertz CT molecular complexity index is 783. The van der Waals surface area contributed by atoms with Crippen LogP contribution in [0, 0.1) is 35.5 Å². The van der Waals surface area contributed by atoms with Gasteiger partial charge in [0.05, 0.1) is 0 Å². The molecule has 3 fully saturated rings. The van der Waals surface area contributed by atoms with Gasteiger partial charge in [0.15, 0.2) is 0 Å². The molecule has 0 radical (unpaired) electrons. The number of benzene rings is 1. The van der Waals surface area contributed by atoms with E-state index in [0.29, 0.717) is 0 Å². The number of hydrogen-bond acceptors (Lipinski definition) is 1. The third-order valence-electron chi connectivity index (χ3n) is 8.94. The molecule has 1 aliphatic heterocycles. The topological polar surface area (TPSA) is 3.24 Å². The molecule has 1 heteroatoms. The van der Waals surface area contributed by atoms with Crippen molar-refractivity contribution in [3.05, 3.63) is 59.2 Å². The molecule has 250 valence electrons. The molecule has 1 saturated heterocycles. The second-order valence-electron chi connectivity index (χ2n) is 12.3. The lowest BCUT2D eigenvalue weighted by Gasteiger charge is -2.67. The van der Waals surface area contributed by atoms with Crippen molar-refractivity contribution in [1.82, 2.24) is 4.90 Å². The summed E-state index contributed by atoms with van der Waals surface area (Å²) in [6, 6.07) is 8.93. The van der Waals surface area contributed by atoms with Crippen LogP contribution in [0.15, 0.2) is 42.5 Å². The van der Waals surface area contributed by atoms with E-state index in [4.69, 9.17) is 0 Å². The Balaban J connectivity index is -0.000000340. The first-order chi connectivity index (χ1) is 18.2. The van der Waals surface area contributed by atoms with Crippen LogP contribution in [0.25, 0.3) is 0 Å². The highest BCUT2D eigenvalue weighted by Crippen LogP contribution is 2.68. The van der Waals surface area contributed by atoms with Crippen LogP contribution in [-0.4, -0.2) is 17.0 Å². The van der Waals surface area contributed by atoms with Gasteiger partial charge in [0.25, 0.3) is 0 Å². The van der Waals surface area contributed by atoms with E-state index in [2.05, 4.69) is 130 Å². The van der Waals surface area contributed by atoms with E-state index >= 15 is 0 Å². The van der Waals surface area contributed by atoms with E-state index in [0.717, 1.165) is 73.4 Å². The summed E-state index contributed by atoms with van der Waals surface area (Å²) in [6.07, 6.45) is 15.6. The van der Waals surface area contributed by atoms with Gasteiger partial charge in [0, 0.05) is 18.6 Å². The number of fused-ring (bicyclic) bond motifs is 4. The molecule has 5 rings (SSSR count). The summed E-state index contributed by atoms with van der Waals surface area (Å²) in [7, 11) is 0. The molecular formula is C41H81N. The molecule has 0 unspecified atom stereocenters. The zero-order valence-corrected chi connectivity index (χ0v) is 27.6. The van der Waals surface area contributed by atoms with Gasteiger partial charge in [-0.25, -0.2) is 0 Å². The van der Waals surface area contributed by atoms with Crippen LogP contribution < -0.4 is 0 Å². The van der Waals surface area contributed by atoms with Gasteiger partial charge in [-0.2, -0.15) is 0 Å². The minimum absolute atomic E-state index is 0. The van der Waals surface area contributed by atoms with Crippen molar-refractivity contribution in [3.63, 3.8) is 0 Å². The molecule has 1 aromatic carbocycles. The van der Waals surface area contributed by atoms with Gasteiger partial charge in [-0.1, -0.05) is 168 Å². The normalized spacial score (nSPS) is 28.4. The Morgan fingerprint density at radius 2 is 0.905 bits per heavy atom. The van der Waals surface area contributed by atoms with E-state index in [1.54, 1.807) is 5.56 Å². The van der Waals surface area contributed by atoms with Gasteiger partial charge in [-0.3, -0.25) is 4.90 Å². The minimum atomic E-state index is 0. The third-order valence-corrected chi connectivity index (χ3v) is 8.94. The standard InChI is InChI=1S/C23H35N.C5H6.3C3H8.4CH4/c1-7-17-9-18(8-2)11-19(10-17)12-24-16(6)15(5)22-20-13(3)14(4)21(20)23(22)24;1-2-4-5-3-1;3*1-3-2;;;;/h9-11,13-16,20-23H,7-8,12H2,1-6H3;1-4H,5H2;3*3H2,1-2H3;4*1H4/t13-,14+,15+,16-,20-,21+,22-,23+;;;;;;;;/m0......../s1. The number of aryl methyl sites for hydroxylation is 2. The monoisotopic (exact) mass is 588 g/mol. The Morgan fingerprint density at radius 1 is 0.548 bits per heavy atom. The highest BCUT2D eigenvalue weighted by Gasteiger charge is 2.69. The fourth-order valence-electron chi connectivity index (χ4n) is 6.93. The summed E-state index contributed by atoms with van der Waals surface area (Å²) < 4.78 is 0. The lowest BCUT2D eigenvalue weighted by molar-refractivity contribution is -0.185. The van der Waals surface area contributed by atoms with Crippen molar-refractivity contribution in [3.8, 4) is 0 Å². The SMILES string of the molecule is C.C.C.C.C1=CCC=C1.CCC.CCC.CCC.CCc1cc(CC)cc(CN2[C@@H]3[C@@H]4[C@H](C)[C@H](C)[C@@H]4[C@@H]3[C@H](C)[C@@H]2C)c1. The van der Waals surface area contributed by atoms with E-state index in [-0.39, 0.29) is 29.7 Å². The van der Waals surface area contributed by atoms with Gasteiger partial charge in [0.2, 0.25) is 0 Å². The van der Waals surface area contributed by atoms with Gasteiger partial charge in [-0.05, 0) is 78.4 Å². The molecule has 0 bridgehead atoms. The van der Waals surface area contributed by atoms with Gasteiger partial charge in [0.1, 0.15) is 0 Å². The average Bonchev–Trinajstić information content (AvgIpc) is 3.53. The molecule has 1 nitrogen and oxygen atoms in total. The van der Waals surface area contributed by atoms with Crippen molar-refractivity contribution in [2.45, 2.75) is 170 Å². The lowest BCUT2D eigenvalue weighted by atomic mass is 9.40. The number of hydrogen-bond donors (Lipinski definition) is 0. The summed E-state index contributed by atoms with van der Waals surface area (Å²) in [6.45, 7) is 28.5. The minimum Gasteiger partial charge on any atom is -0.293 e. The van der Waals surface area contributed by atoms with E-state index in [9.17, 15) is 0 Å². The van der Waals surface area contributed by atoms with Crippen LogP contribution in [0.5, 0.6) is 0 Å². The summed E-state index contributed by atoms with van der Waals surface area (Å²) >= 11 is 0. The molecule has 0 aromatic heterocycles. The summed E-state index contributed by atoms with van der Waals surface area (Å²) in [4.78, 5) is 2.88. The molecule has 0 N–H and O–H groups in total. The molecule has 42 heavy (non-hydrogen) atoms. The number of rotatable bonds is 4. The Kier molecular flexibility index (Phi) is 28.4. The molecular weight excluding hydrogens is 506 g/mol. The maximum Gasteiger partial charge on any atom is 0.0240 e. The first kappa shape index (κ1) is 47.6. The Hall–Kier alpha value is -1.34. The molecule has 0 spiro atoms. The van der Waals surface area contributed by atoms with Crippen molar-refractivity contribution in [2.75, 3.05) is 0 Å². The van der Waals surface area contributed by atoms with Crippen LogP contribution in [0.4, 0.5) is 0 Å². The van der Waals surface area contributed by atoms with Crippen molar-refractivity contribution >= 4 is 0 Å². The number of nitrogens with zero attached hydrogens (tertiary/aromatic N) is 1. The van der Waals surface area contributed by atoms with Gasteiger partial charge >= 0.3 is 0 Å². The first-order valence-electron chi connectivity index (χ1n) is 16.4. The Labute approximate surface area is 269 Å². The van der Waals surface area contributed by atoms with Crippen molar-refractivity contribution in [2.24, 2.45) is 35.5 Å². The smallest absolute Gasteiger partial charge is 0.0240 e. The molecule has 3 aliphatic carbocycles. The summed E-state index contributed by atoms with van der Waals surface area (Å²) in [5, 5.41) is 0.